The van der Waals surface area contributed by atoms with Crippen LogP contribution in [0.3, 0.4) is 0 Å². The van der Waals surface area contributed by atoms with Gasteiger partial charge in [-0.25, -0.2) is 5.10 Å². The summed E-state index contributed by atoms with van der Waals surface area (Å²) in [7, 11) is 0. The van der Waals surface area contributed by atoms with Gasteiger partial charge in [0.25, 0.3) is 0 Å². The van der Waals surface area contributed by atoms with Crippen molar-refractivity contribution in [3.05, 3.63) is 53.0 Å². The molecule has 0 unspecified atom stereocenters. The van der Waals surface area contributed by atoms with E-state index >= 15 is 0 Å². The van der Waals surface area contributed by atoms with E-state index in [1.807, 2.05) is 31.2 Å². The molecule has 0 fully saturated rings. The minimum Gasteiger partial charge on any atom is -0.494 e. The molecule has 3 aromatic rings. The first-order chi connectivity index (χ1) is 10.8. The second kappa shape index (κ2) is 6.40. The summed E-state index contributed by atoms with van der Waals surface area (Å²) in [6, 6.07) is 11.2. The number of aromatic amines is 1. The first kappa shape index (κ1) is 14.3. The second-order valence-electron chi connectivity index (χ2n) is 4.39. The van der Waals surface area contributed by atoms with Crippen molar-refractivity contribution in [2.24, 2.45) is 5.10 Å². The van der Waals surface area contributed by atoms with Crippen molar-refractivity contribution >= 4 is 18.4 Å². The standard InChI is InChI=1S/C15H14N4O2S/c1-2-20-12-7-5-11(6-8-12)10-16-19-14(17-18-15(19)22)13-4-3-9-21-13/h3-10H,2H2,1H3,(H,18,22)/b16-10-. The molecule has 0 saturated carbocycles. The van der Waals surface area contributed by atoms with Gasteiger partial charge < -0.3 is 9.15 Å². The number of furan rings is 1. The molecule has 3 rings (SSSR count). The fourth-order valence-electron chi connectivity index (χ4n) is 1.91. The predicted molar refractivity (Wildman–Crippen MR) is 85.7 cm³/mol. The van der Waals surface area contributed by atoms with Crippen LogP contribution in [0.25, 0.3) is 11.6 Å². The quantitative estimate of drug-likeness (QED) is 0.578. The van der Waals surface area contributed by atoms with Gasteiger partial charge in [-0.2, -0.15) is 9.78 Å². The topological polar surface area (TPSA) is 68.3 Å². The van der Waals surface area contributed by atoms with Crippen LogP contribution in [0.1, 0.15) is 12.5 Å². The summed E-state index contributed by atoms with van der Waals surface area (Å²) in [4.78, 5) is 0. The zero-order valence-corrected chi connectivity index (χ0v) is 12.7. The van der Waals surface area contributed by atoms with Crippen LogP contribution < -0.4 is 4.74 Å². The number of hydrogen-bond donors (Lipinski definition) is 1. The summed E-state index contributed by atoms with van der Waals surface area (Å²) in [5.74, 6) is 1.95. The van der Waals surface area contributed by atoms with E-state index in [0.717, 1.165) is 11.3 Å². The number of ether oxygens (including phenoxy) is 1. The predicted octanol–water partition coefficient (Wildman–Crippen LogP) is 3.48. The summed E-state index contributed by atoms with van der Waals surface area (Å²) < 4.78 is 12.6. The smallest absolute Gasteiger partial charge is 0.219 e. The monoisotopic (exact) mass is 314 g/mol. The molecule has 0 amide bonds. The fourth-order valence-corrected chi connectivity index (χ4v) is 2.08. The van der Waals surface area contributed by atoms with Crippen molar-refractivity contribution in [3.8, 4) is 17.3 Å². The molecular weight excluding hydrogens is 300 g/mol. The lowest BCUT2D eigenvalue weighted by Crippen LogP contribution is -1.95. The van der Waals surface area contributed by atoms with Gasteiger partial charge >= 0.3 is 0 Å². The Morgan fingerprint density at radius 1 is 1.36 bits per heavy atom. The van der Waals surface area contributed by atoms with Gasteiger partial charge in [0, 0.05) is 0 Å². The van der Waals surface area contributed by atoms with Gasteiger partial charge in [-0.05, 0) is 61.1 Å². The van der Waals surface area contributed by atoms with Crippen molar-refractivity contribution in [2.45, 2.75) is 6.92 Å². The molecule has 1 aromatic carbocycles. The van der Waals surface area contributed by atoms with Gasteiger partial charge in [0.2, 0.25) is 10.6 Å². The minimum atomic E-state index is 0.397. The highest BCUT2D eigenvalue weighted by Gasteiger charge is 2.10. The molecule has 0 atom stereocenters. The molecule has 2 heterocycles. The lowest BCUT2D eigenvalue weighted by atomic mass is 10.2. The van der Waals surface area contributed by atoms with E-state index in [-0.39, 0.29) is 0 Å². The zero-order valence-electron chi connectivity index (χ0n) is 11.9. The Morgan fingerprint density at radius 3 is 2.86 bits per heavy atom. The molecule has 0 bridgehead atoms. The number of nitrogens with one attached hydrogen (secondary N) is 1. The molecular formula is C15H14N4O2S. The Kier molecular flexibility index (Phi) is 4.15. The maximum atomic E-state index is 5.40. The van der Waals surface area contributed by atoms with Gasteiger partial charge in [0.05, 0.1) is 19.1 Å². The highest BCUT2D eigenvalue weighted by Crippen LogP contribution is 2.17. The SMILES string of the molecule is CCOc1ccc(/C=N\n2c(-c3ccco3)n[nH]c2=S)cc1. The van der Waals surface area contributed by atoms with E-state index in [1.54, 1.807) is 24.6 Å². The van der Waals surface area contributed by atoms with Crippen molar-refractivity contribution in [1.29, 1.82) is 0 Å². The molecule has 0 aliphatic heterocycles. The number of H-pyrrole nitrogens is 1. The first-order valence-corrected chi connectivity index (χ1v) is 7.17. The van der Waals surface area contributed by atoms with Crippen LogP contribution in [0, 0.1) is 4.77 Å². The van der Waals surface area contributed by atoms with E-state index in [4.69, 9.17) is 21.4 Å². The third-order valence-electron chi connectivity index (χ3n) is 2.91. The van der Waals surface area contributed by atoms with E-state index < -0.39 is 0 Å². The maximum absolute atomic E-state index is 5.40. The number of aromatic nitrogens is 3. The number of rotatable bonds is 5. The lowest BCUT2D eigenvalue weighted by Gasteiger charge is -2.02. The largest absolute Gasteiger partial charge is 0.494 e. The van der Waals surface area contributed by atoms with E-state index in [1.165, 1.54) is 4.68 Å². The number of hydrogen-bond acceptors (Lipinski definition) is 5. The Balaban J connectivity index is 1.87. The molecule has 0 aliphatic rings. The van der Waals surface area contributed by atoms with Gasteiger partial charge in [0.1, 0.15) is 5.75 Å². The van der Waals surface area contributed by atoms with Crippen molar-refractivity contribution in [3.63, 3.8) is 0 Å². The van der Waals surface area contributed by atoms with Crippen LogP contribution in [-0.2, 0) is 0 Å². The highest BCUT2D eigenvalue weighted by molar-refractivity contribution is 7.71. The van der Waals surface area contributed by atoms with E-state index in [0.29, 0.717) is 23.0 Å². The molecule has 7 heteroatoms. The molecule has 22 heavy (non-hydrogen) atoms. The van der Waals surface area contributed by atoms with E-state index in [9.17, 15) is 0 Å². The van der Waals surface area contributed by atoms with Crippen LogP contribution in [-0.4, -0.2) is 27.7 Å². The fraction of sp³-hybridized carbons (Fsp3) is 0.133. The van der Waals surface area contributed by atoms with Crippen LogP contribution >= 0.6 is 12.2 Å². The summed E-state index contributed by atoms with van der Waals surface area (Å²) >= 11 is 5.19. The molecule has 0 aliphatic carbocycles. The molecule has 0 spiro atoms. The molecule has 6 nitrogen and oxygen atoms in total. The van der Waals surface area contributed by atoms with E-state index in [2.05, 4.69) is 15.3 Å². The van der Waals surface area contributed by atoms with Gasteiger partial charge in [0.15, 0.2) is 5.76 Å². The van der Waals surface area contributed by atoms with Crippen LogP contribution in [0.4, 0.5) is 0 Å². The third-order valence-corrected chi connectivity index (χ3v) is 3.17. The van der Waals surface area contributed by atoms with Crippen molar-refractivity contribution in [2.75, 3.05) is 6.61 Å². The van der Waals surface area contributed by atoms with Gasteiger partial charge in [-0.15, -0.1) is 5.10 Å². The number of benzene rings is 1. The maximum Gasteiger partial charge on any atom is 0.219 e. The second-order valence-corrected chi connectivity index (χ2v) is 4.77. The van der Waals surface area contributed by atoms with Crippen LogP contribution in [0.5, 0.6) is 5.75 Å². The average Bonchev–Trinajstić information content (AvgIpc) is 3.17. The van der Waals surface area contributed by atoms with Gasteiger partial charge in [-0.3, -0.25) is 0 Å². The summed E-state index contributed by atoms with van der Waals surface area (Å²) in [5.41, 5.74) is 0.928. The van der Waals surface area contributed by atoms with Crippen LogP contribution in [0.2, 0.25) is 0 Å². The Labute approximate surface area is 132 Å². The molecule has 1 N–H and O–H groups in total. The Morgan fingerprint density at radius 2 is 2.18 bits per heavy atom. The molecule has 0 radical (unpaired) electrons. The molecule has 112 valence electrons. The van der Waals surface area contributed by atoms with Crippen LogP contribution in [0.15, 0.2) is 52.2 Å². The normalized spacial score (nSPS) is 11.1. The Hall–Kier alpha value is -2.67. The average molecular weight is 314 g/mol. The Bertz CT molecular complexity index is 816. The minimum absolute atomic E-state index is 0.397. The van der Waals surface area contributed by atoms with Gasteiger partial charge in [-0.1, -0.05) is 0 Å². The summed E-state index contributed by atoms with van der Waals surface area (Å²) in [6.07, 6.45) is 3.28. The molecule has 0 saturated heterocycles. The summed E-state index contributed by atoms with van der Waals surface area (Å²) in [5, 5.41) is 11.2. The molecule has 2 aromatic heterocycles. The van der Waals surface area contributed by atoms with Crippen molar-refractivity contribution < 1.29 is 9.15 Å². The highest BCUT2D eigenvalue weighted by atomic mass is 32.1. The number of nitrogens with zero attached hydrogens (tertiary/aromatic N) is 3. The lowest BCUT2D eigenvalue weighted by molar-refractivity contribution is 0.340. The zero-order chi connectivity index (χ0) is 15.4. The van der Waals surface area contributed by atoms with Crippen molar-refractivity contribution in [1.82, 2.24) is 14.9 Å². The summed E-state index contributed by atoms with van der Waals surface area (Å²) in [6.45, 7) is 2.59. The third kappa shape index (κ3) is 2.99. The first-order valence-electron chi connectivity index (χ1n) is 6.76.